The van der Waals surface area contributed by atoms with Crippen molar-refractivity contribution >= 4 is 11.8 Å². The Kier molecular flexibility index (Phi) is 6.73. The van der Waals surface area contributed by atoms with Gasteiger partial charge in [-0.25, -0.2) is 4.98 Å². The van der Waals surface area contributed by atoms with Gasteiger partial charge in [0, 0.05) is 45.5 Å². The van der Waals surface area contributed by atoms with E-state index in [4.69, 9.17) is 9.47 Å². The quantitative estimate of drug-likeness (QED) is 0.476. The second kappa shape index (κ2) is 9.66. The largest absolute Gasteiger partial charge is 0.497 e. The van der Waals surface area contributed by atoms with E-state index in [1.807, 2.05) is 49.6 Å². The first kappa shape index (κ1) is 18.8. The van der Waals surface area contributed by atoms with Gasteiger partial charge in [-0.05, 0) is 24.3 Å². The number of pyridine rings is 1. The van der Waals surface area contributed by atoms with E-state index >= 15 is 0 Å². The summed E-state index contributed by atoms with van der Waals surface area (Å²) in [6.45, 7) is 4.92. The lowest BCUT2D eigenvalue weighted by Gasteiger charge is -2.37. The monoisotopic (exact) mass is 369 g/mol. The first-order valence-electron chi connectivity index (χ1n) is 9.18. The maximum absolute atomic E-state index is 5.77. The molecule has 1 aromatic carbocycles. The van der Waals surface area contributed by atoms with Gasteiger partial charge in [-0.15, -0.1) is 0 Å². The molecule has 0 saturated carbocycles. The first-order valence-corrected chi connectivity index (χ1v) is 9.18. The number of nitrogens with zero attached hydrogens (tertiary/aromatic N) is 4. The fraction of sp³-hybridized carbons (Fsp3) is 0.400. The van der Waals surface area contributed by atoms with E-state index in [9.17, 15) is 0 Å². The molecular formula is C20H27N5O2. The maximum Gasteiger partial charge on any atom is 0.193 e. The zero-order chi connectivity index (χ0) is 18.9. The van der Waals surface area contributed by atoms with Crippen LogP contribution in [0.2, 0.25) is 0 Å². The van der Waals surface area contributed by atoms with Crippen LogP contribution in [-0.2, 0) is 0 Å². The Labute approximate surface area is 160 Å². The van der Waals surface area contributed by atoms with Crippen molar-refractivity contribution in [1.29, 1.82) is 0 Å². The third-order valence-corrected chi connectivity index (χ3v) is 4.46. The highest BCUT2D eigenvalue weighted by Crippen LogP contribution is 2.18. The molecule has 0 bridgehead atoms. The highest BCUT2D eigenvalue weighted by molar-refractivity contribution is 5.80. The van der Waals surface area contributed by atoms with Crippen molar-refractivity contribution in [3.63, 3.8) is 0 Å². The Morgan fingerprint density at radius 1 is 1.11 bits per heavy atom. The van der Waals surface area contributed by atoms with E-state index in [2.05, 4.69) is 31.2 Å². The molecule has 0 atom stereocenters. The van der Waals surface area contributed by atoms with Crippen molar-refractivity contribution in [3.8, 4) is 11.5 Å². The highest BCUT2D eigenvalue weighted by atomic mass is 16.5. The van der Waals surface area contributed by atoms with E-state index in [-0.39, 0.29) is 0 Å². The summed E-state index contributed by atoms with van der Waals surface area (Å²) in [5, 5.41) is 3.38. The molecule has 2 aromatic rings. The van der Waals surface area contributed by atoms with Crippen molar-refractivity contribution in [2.24, 2.45) is 4.99 Å². The van der Waals surface area contributed by atoms with Gasteiger partial charge >= 0.3 is 0 Å². The Morgan fingerprint density at radius 2 is 1.93 bits per heavy atom. The van der Waals surface area contributed by atoms with Crippen LogP contribution in [0, 0.1) is 0 Å². The molecular weight excluding hydrogens is 342 g/mol. The van der Waals surface area contributed by atoms with Gasteiger partial charge in [-0.2, -0.15) is 0 Å². The maximum atomic E-state index is 5.77. The molecule has 3 rings (SSSR count). The van der Waals surface area contributed by atoms with Gasteiger partial charge in [0.25, 0.3) is 0 Å². The molecule has 0 spiro atoms. The second-order valence-corrected chi connectivity index (χ2v) is 6.16. The fourth-order valence-corrected chi connectivity index (χ4v) is 3.04. The number of piperazine rings is 1. The van der Waals surface area contributed by atoms with Crippen LogP contribution < -0.4 is 19.7 Å². The molecule has 1 aliphatic heterocycles. The van der Waals surface area contributed by atoms with Crippen LogP contribution in [0.4, 0.5) is 5.82 Å². The molecule has 144 valence electrons. The van der Waals surface area contributed by atoms with Crippen LogP contribution in [0.25, 0.3) is 0 Å². The number of hydrogen-bond donors (Lipinski definition) is 1. The number of methoxy groups -OCH3 is 1. The summed E-state index contributed by atoms with van der Waals surface area (Å²) in [5.74, 6) is 3.54. The molecule has 2 heterocycles. The van der Waals surface area contributed by atoms with Crippen LogP contribution in [-0.4, -0.2) is 69.3 Å². The Hall–Kier alpha value is -2.96. The summed E-state index contributed by atoms with van der Waals surface area (Å²) in [4.78, 5) is 13.4. The van der Waals surface area contributed by atoms with Gasteiger partial charge < -0.3 is 24.6 Å². The number of hydrogen-bond acceptors (Lipinski definition) is 5. The van der Waals surface area contributed by atoms with E-state index in [1.54, 1.807) is 7.11 Å². The lowest BCUT2D eigenvalue weighted by Crippen LogP contribution is -2.53. The smallest absolute Gasteiger partial charge is 0.193 e. The molecule has 1 aliphatic rings. The van der Waals surface area contributed by atoms with Gasteiger partial charge in [-0.1, -0.05) is 12.1 Å². The number of anilines is 1. The summed E-state index contributed by atoms with van der Waals surface area (Å²) in [6, 6.07) is 13.6. The van der Waals surface area contributed by atoms with Crippen molar-refractivity contribution in [2.45, 2.75) is 0 Å². The normalized spacial score (nSPS) is 14.8. The Balaban J connectivity index is 1.42. The van der Waals surface area contributed by atoms with Crippen LogP contribution in [0.15, 0.2) is 53.7 Å². The van der Waals surface area contributed by atoms with Gasteiger partial charge in [-0.3, -0.25) is 4.99 Å². The van der Waals surface area contributed by atoms with Crippen LogP contribution in [0.1, 0.15) is 0 Å². The van der Waals surface area contributed by atoms with E-state index < -0.39 is 0 Å². The Bertz CT molecular complexity index is 730. The van der Waals surface area contributed by atoms with Crippen molar-refractivity contribution in [1.82, 2.24) is 15.2 Å². The molecule has 0 radical (unpaired) electrons. The molecule has 0 aliphatic carbocycles. The van der Waals surface area contributed by atoms with Gasteiger partial charge in [0.1, 0.15) is 23.9 Å². The number of rotatable bonds is 6. The predicted octanol–water partition coefficient (Wildman–Crippen LogP) is 1.87. The number of nitrogens with one attached hydrogen (secondary N) is 1. The minimum atomic E-state index is 0.556. The van der Waals surface area contributed by atoms with Crippen molar-refractivity contribution < 1.29 is 9.47 Å². The molecule has 27 heavy (non-hydrogen) atoms. The second-order valence-electron chi connectivity index (χ2n) is 6.16. The minimum absolute atomic E-state index is 0.556. The number of ether oxygens (including phenoxy) is 2. The topological polar surface area (TPSA) is 62.2 Å². The average Bonchev–Trinajstić information content (AvgIpc) is 2.75. The van der Waals surface area contributed by atoms with Gasteiger partial charge in [0.2, 0.25) is 0 Å². The summed E-state index contributed by atoms with van der Waals surface area (Å²) in [7, 11) is 3.47. The number of aromatic nitrogens is 1. The molecule has 1 fully saturated rings. The third-order valence-electron chi connectivity index (χ3n) is 4.46. The van der Waals surface area contributed by atoms with E-state index in [0.29, 0.717) is 13.2 Å². The lowest BCUT2D eigenvalue weighted by atomic mass is 10.3. The Morgan fingerprint density at radius 3 is 2.63 bits per heavy atom. The van der Waals surface area contributed by atoms with Gasteiger partial charge in [0.15, 0.2) is 5.96 Å². The summed E-state index contributed by atoms with van der Waals surface area (Å²) >= 11 is 0. The minimum Gasteiger partial charge on any atom is -0.497 e. The highest BCUT2D eigenvalue weighted by Gasteiger charge is 2.20. The fourth-order valence-electron chi connectivity index (χ4n) is 3.04. The molecule has 7 nitrogen and oxygen atoms in total. The summed E-state index contributed by atoms with van der Waals surface area (Å²) < 4.78 is 11.0. The van der Waals surface area contributed by atoms with Crippen LogP contribution in [0.3, 0.4) is 0 Å². The van der Waals surface area contributed by atoms with Crippen molar-refractivity contribution in [3.05, 3.63) is 48.7 Å². The molecule has 0 unspecified atom stereocenters. The number of benzene rings is 1. The lowest BCUT2D eigenvalue weighted by molar-refractivity contribution is 0.312. The number of guanidine groups is 1. The zero-order valence-electron chi connectivity index (χ0n) is 16.0. The van der Waals surface area contributed by atoms with E-state index in [1.165, 1.54) is 0 Å². The van der Waals surface area contributed by atoms with Crippen molar-refractivity contribution in [2.75, 3.05) is 58.4 Å². The average molecular weight is 369 g/mol. The SMILES string of the molecule is CN=C(NCCOc1cccc(OC)c1)N1CCN(c2ccccn2)CC1. The van der Waals surface area contributed by atoms with Crippen LogP contribution >= 0.6 is 0 Å². The molecule has 1 N–H and O–H groups in total. The van der Waals surface area contributed by atoms with E-state index in [0.717, 1.165) is 49.5 Å². The predicted molar refractivity (Wildman–Crippen MR) is 108 cm³/mol. The molecule has 1 saturated heterocycles. The van der Waals surface area contributed by atoms with Gasteiger partial charge in [0.05, 0.1) is 13.7 Å². The van der Waals surface area contributed by atoms with Crippen LogP contribution in [0.5, 0.6) is 11.5 Å². The summed E-state index contributed by atoms with van der Waals surface area (Å²) in [5.41, 5.74) is 0. The summed E-state index contributed by atoms with van der Waals surface area (Å²) in [6.07, 6.45) is 1.84. The standard InChI is InChI=1S/C20H27N5O2/c1-21-20(23-10-15-27-18-7-5-6-17(16-18)26-2)25-13-11-24(12-14-25)19-8-3-4-9-22-19/h3-9,16H,10-15H2,1-2H3,(H,21,23). The zero-order valence-corrected chi connectivity index (χ0v) is 16.0. The third kappa shape index (κ3) is 5.26. The molecule has 7 heteroatoms. The number of aliphatic imine (C=N–C) groups is 1. The molecule has 0 amide bonds. The molecule has 1 aromatic heterocycles. The first-order chi connectivity index (χ1) is 13.3.